The zero-order chi connectivity index (χ0) is 15.1. The minimum Gasteiger partial charge on any atom is -0.497 e. The summed E-state index contributed by atoms with van der Waals surface area (Å²) >= 11 is 0. The molecule has 2 aromatic rings. The first-order valence-electron chi connectivity index (χ1n) is 6.75. The molecule has 0 fully saturated rings. The number of ether oxygens (including phenoxy) is 2. The van der Waals surface area contributed by atoms with E-state index in [0.29, 0.717) is 18.8 Å². The molecular formula is C15H20N2O4. The maximum atomic E-state index is 9.86. The SMILES string of the molecule is COc1cccc(OCC(O)CNCc2cc(C)no2)c1. The number of aryl methyl sites for hydroxylation is 1. The van der Waals surface area contributed by atoms with E-state index >= 15 is 0 Å². The highest BCUT2D eigenvalue weighted by atomic mass is 16.5. The van der Waals surface area contributed by atoms with Crippen molar-refractivity contribution in [3.05, 3.63) is 41.8 Å². The van der Waals surface area contributed by atoms with Gasteiger partial charge in [0.2, 0.25) is 0 Å². The van der Waals surface area contributed by atoms with Gasteiger partial charge in [-0.05, 0) is 19.1 Å². The molecule has 0 aliphatic heterocycles. The quantitative estimate of drug-likeness (QED) is 0.768. The zero-order valence-electron chi connectivity index (χ0n) is 12.2. The molecule has 2 rings (SSSR count). The molecule has 1 aromatic heterocycles. The minimum absolute atomic E-state index is 0.204. The van der Waals surface area contributed by atoms with Crippen molar-refractivity contribution < 1.29 is 19.1 Å². The van der Waals surface area contributed by atoms with Crippen LogP contribution in [0.4, 0.5) is 0 Å². The van der Waals surface area contributed by atoms with Gasteiger partial charge in [0.1, 0.15) is 24.2 Å². The molecule has 1 unspecified atom stereocenters. The van der Waals surface area contributed by atoms with Gasteiger partial charge in [0.05, 0.1) is 19.3 Å². The summed E-state index contributed by atoms with van der Waals surface area (Å²) < 4.78 is 15.7. The molecule has 21 heavy (non-hydrogen) atoms. The number of rotatable bonds is 8. The van der Waals surface area contributed by atoms with Crippen LogP contribution in [-0.4, -0.2) is 36.6 Å². The molecule has 0 spiro atoms. The normalized spacial score (nSPS) is 12.1. The average molecular weight is 292 g/mol. The van der Waals surface area contributed by atoms with Crippen LogP contribution in [0, 0.1) is 6.92 Å². The largest absolute Gasteiger partial charge is 0.497 e. The third kappa shape index (κ3) is 5.09. The number of nitrogens with one attached hydrogen (secondary N) is 1. The first-order valence-corrected chi connectivity index (χ1v) is 6.75. The van der Waals surface area contributed by atoms with Gasteiger partial charge >= 0.3 is 0 Å². The fourth-order valence-electron chi connectivity index (χ4n) is 1.80. The van der Waals surface area contributed by atoms with E-state index in [1.807, 2.05) is 31.2 Å². The summed E-state index contributed by atoms with van der Waals surface area (Å²) in [4.78, 5) is 0. The molecule has 6 nitrogen and oxygen atoms in total. The highest BCUT2D eigenvalue weighted by Gasteiger charge is 2.07. The van der Waals surface area contributed by atoms with E-state index in [0.717, 1.165) is 17.2 Å². The molecule has 0 aliphatic carbocycles. The summed E-state index contributed by atoms with van der Waals surface area (Å²) in [7, 11) is 1.60. The van der Waals surface area contributed by atoms with Gasteiger partial charge in [0, 0.05) is 18.7 Å². The fourth-order valence-corrected chi connectivity index (χ4v) is 1.80. The minimum atomic E-state index is -0.611. The van der Waals surface area contributed by atoms with Crippen LogP contribution >= 0.6 is 0 Å². The van der Waals surface area contributed by atoms with Gasteiger partial charge in [0.15, 0.2) is 5.76 Å². The Balaban J connectivity index is 1.68. The number of aliphatic hydroxyl groups excluding tert-OH is 1. The van der Waals surface area contributed by atoms with E-state index in [4.69, 9.17) is 14.0 Å². The van der Waals surface area contributed by atoms with Crippen LogP contribution in [0.5, 0.6) is 11.5 Å². The molecular weight excluding hydrogens is 272 g/mol. The van der Waals surface area contributed by atoms with Crippen LogP contribution in [0.25, 0.3) is 0 Å². The number of hydrogen-bond acceptors (Lipinski definition) is 6. The van der Waals surface area contributed by atoms with Crippen molar-refractivity contribution in [1.29, 1.82) is 0 Å². The lowest BCUT2D eigenvalue weighted by atomic mass is 10.3. The Hall–Kier alpha value is -2.05. The van der Waals surface area contributed by atoms with Crippen LogP contribution in [0.3, 0.4) is 0 Å². The predicted octanol–water partition coefficient (Wildman–Crippen LogP) is 1.52. The zero-order valence-corrected chi connectivity index (χ0v) is 12.2. The van der Waals surface area contributed by atoms with E-state index in [-0.39, 0.29) is 6.61 Å². The summed E-state index contributed by atoms with van der Waals surface area (Å²) in [6, 6.07) is 9.12. The standard InChI is InChI=1S/C15H20N2O4/c1-11-6-15(21-17-11)9-16-8-12(18)10-20-14-5-3-4-13(7-14)19-2/h3-7,12,16,18H,8-10H2,1-2H3. The summed E-state index contributed by atoms with van der Waals surface area (Å²) in [6.07, 6.45) is -0.611. The van der Waals surface area contributed by atoms with Crippen molar-refractivity contribution in [3.8, 4) is 11.5 Å². The molecule has 0 amide bonds. The second kappa shape index (κ2) is 7.66. The third-order valence-corrected chi connectivity index (χ3v) is 2.84. The summed E-state index contributed by atoms with van der Waals surface area (Å²) in [5.41, 5.74) is 0.841. The van der Waals surface area contributed by atoms with E-state index in [1.54, 1.807) is 13.2 Å². The molecule has 0 saturated heterocycles. The van der Waals surface area contributed by atoms with Crippen molar-refractivity contribution in [3.63, 3.8) is 0 Å². The van der Waals surface area contributed by atoms with E-state index in [9.17, 15) is 5.11 Å². The highest BCUT2D eigenvalue weighted by Crippen LogP contribution is 2.18. The Labute approximate surface area is 123 Å². The number of aliphatic hydroxyl groups is 1. The molecule has 0 bridgehead atoms. The van der Waals surface area contributed by atoms with E-state index in [2.05, 4.69) is 10.5 Å². The molecule has 0 radical (unpaired) electrons. The summed E-state index contributed by atoms with van der Waals surface area (Å²) in [6.45, 7) is 3.00. The molecule has 1 atom stereocenters. The lowest BCUT2D eigenvalue weighted by Crippen LogP contribution is -2.31. The predicted molar refractivity (Wildman–Crippen MR) is 77.4 cm³/mol. The lowest BCUT2D eigenvalue weighted by molar-refractivity contribution is 0.105. The molecule has 114 valence electrons. The Morgan fingerprint density at radius 2 is 2.14 bits per heavy atom. The molecule has 0 saturated carbocycles. The second-order valence-electron chi connectivity index (χ2n) is 4.71. The molecule has 1 heterocycles. The van der Waals surface area contributed by atoms with Crippen LogP contribution in [0.2, 0.25) is 0 Å². The van der Waals surface area contributed by atoms with Gasteiger partial charge < -0.3 is 24.4 Å². The van der Waals surface area contributed by atoms with Crippen LogP contribution in [-0.2, 0) is 6.54 Å². The smallest absolute Gasteiger partial charge is 0.150 e. The van der Waals surface area contributed by atoms with Crippen LogP contribution < -0.4 is 14.8 Å². The van der Waals surface area contributed by atoms with Crippen molar-refractivity contribution in [1.82, 2.24) is 10.5 Å². The van der Waals surface area contributed by atoms with Gasteiger partial charge in [-0.2, -0.15) is 0 Å². The molecule has 6 heteroatoms. The fraction of sp³-hybridized carbons (Fsp3) is 0.400. The van der Waals surface area contributed by atoms with Crippen LogP contribution in [0.15, 0.2) is 34.9 Å². The van der Waals surface area contributed by atoms with Crippen molar-refractivity contribution in [2.75, 3.05) is 20.3 Å². The molecule has 2 N–H and O–H groups in total. The van der Waals surface area contributed by atoms with Crippen LogP contribution in [0.1, 0.15) is 11.5 Å². The Morgan fingerprint density at radius 3 is 2.86 bits per heavy atom. The summed E-state index contributed by atoms with van der Waals surface area (Å²) in [5.74, 6) is 2.13. The first-order chi connectivity index (χ1) is 10.2. The Morgan fingerprint density at radius 1 is 1.33 bits per heavy atom. The first kappa shape index (κ1) is 15.3. The van der Waals surface area contributed by atoms with Gasteiger partial charge in [0.25, 0.3) is 0 Å². The number of aromatic nitrogens is 1. The van der Waals surface area contributed by atoms with E-state index in [1.165, 1.54) is 0 Å². The Kier molecular flexibility index (Phi) is 5.59. The average Bonchev–Trinajstić information content (AvgIpc) is 2.91. The lowest BCUT2D eigenvalue weighted by Gasteiger charge is -2.13. The molecule has 0 aliphatic rings. The summed E-state index contributed by atoms with van der Waals surface area (Å²) in [5, 5.41) is 16.7. The second-order valence-corrected chi connectivity index (χ2v) is 4.71. The molecule has 1 aromatic carbocycles. The Bertz CT molecular complexity index is 556. The van der Waals surface area contributed by atoms with Crippen molar-refractivity contribution in [2.45, 2.75) is 19.6 Å². The topological polar surface area (TPSA) is 76.8 Å². The number of methoxy groups -OCH3 is 1. The highest BCUT2D eigenvalue weighted by molar-refractivity contribution is 5.32. The number of nitrogens with zero attached hydrogens (tertiary/aromatic N) is 1. The van der Waals surface area contributed by atoms with Crippen molar-refractivity contribution in [2.24, 2.45) is 0 Å². The van der Waals surface area contributed by atoms with Gasteiger partial charge in [-0.25, -0.2) is 0 Å². The number of hydrogen-bond donors (Lipinski definition) is 2. The van der Waals surface area contributed by atoms with Gasteiger partial charge in [-0.15, -0.1) is 0 Å². The number of benzene rings is 1. The monoisotopic (exact) mass is 292 g/mol. The van der Waals surface area contributed by atoms with E-state index < -0.39 is 6.10 Å². The van der Waals surface area contributed by atoms with Gasteiger partial charge in [-0.1, -0.05) is 11.2 Å². The maximum Gasteiger partial charge on any atom is 0.150 e. The third-order valence-electron chi connectivity index (χ3n) is 2.84. The van der Waals surface area contributed by atoms with Gasteiger partial charge in [-0.3, -0.25) is 0 Å². The maximum absolute atomic E-state index is 9.86. The van der Waals surface area contributed by atoms with Crippen molar-refractivity contribution >= 4 is 0 Å².